The smallest absolute Gasteiger partial charge is 0.157 e. The van der Waals surface area contributed by atoms with Gasteiger partial charge in [-0.25, -0.2) is 0 Å². The molecule has 0 aromatic heterocycles. The highest BCUT2D eigenvalue weighted by Crippen LogP contribution is 2.32. The summed E-state index contributed by atoms with van der Waals surface area (Å²) in [6.45, 7) is 9.87. The summed E-state index contributed by atoms with van der Waals surface area (Å²) < 4.78 is 6.03. The van der Waals surface area contributed by atoms with Gasteiger partial charge in [0.05, 0.1) is 11.6 Å². The Morgan fingerprint density at radius 1 is 1.42 bits per heavy atom. The highest BCUT2D eigenvalue weighted by Gasteiger charge is 2.35. The second kappa shape index (κ2) is 6.49. The minimum absolute atomic E-state index is 0.0944. The van der Waals surface area contributed by atoms with Crippen molar-refractivity contribution in [1.82, 2.24) is 5.32 Å². The molecule has 4 heteroatoms. The molecule has 0 saturated carbocycles. The lowest BCUT2D eigenvalue weighted by atomic mass is 9.86. The maximum absolute atomic E-state index is 6.03. The molecular formula is C15H28N2OS. The number of hydrogen-bond donors (Lipinski definition) is 1. The normalized spacial score (nSPS) is 30.5. The summed E-state index contributed by atoms with van der Waals surface area (Å²) in [6, 6.07) is 1.03. The summed E-state index contributed by atoms with van der Waals surface area (Å²) >= 11 is 1.89. The number of amidine groups is 1. The lowest BCUT2D eigenvalue weighted by molar-refractivity contribution is -0.0909. The van der Waals surface area contributed by atoms with Crippen LogP contribution in [0.5, 0.6) is 0 Å². The minimum atomic E-state index is 0.0944. The summed E-state index contributed by atoms with van der Waals surface area (Å²) in [7, 11) is 0. The number of hydrogen-bond acceptors (Lipinski definition) is 4. The molecule has 0 bridgehead atoms. The van der Waals surface area contributed by atoms with E-state index in [0.29, 0.717) is 18.0 Å². The molecule has 1 N–H and O–H groups in total. The molecular weight excluding hydrogens is 256 g/mol. The Kier molecular flexibility index (Phi) is 5.18. The van der Waals surface area contributed by atoms with Crippen LogP contribution in [0, 0.1) is 5.92 Å². The predicted molar refractivity (Wildman–Crippen MR) is 83.9 cm³/mol. The average molecular weight is 284 g/mol. The summed E-state index contributed by atoms with van der Waals surface area (Å²) in [5.74, 6) is 1.78. The zero-order valence-corrected chi connectivity index (χ0v) is 13.6. The maximum Gasteiger partial charge on any atom is 0.157 e. The fourth-order valence-electron chi connectivity index (χ4n) is 2.88. The van der Waals surface area contributed by atoms with Crippen LogP contribution < -0.4 is 5.32 Å². The van der Waals surface area contributed by atoms with Gasteiger partial charge in [-0.05, 0) is 31.6 Å². The summed E-state index contributed by atoms with van der Waals surface area (Å²) in [4.78, 5) is 4.81. The Labute approximate surface area is 122 Å². The van der Waals surface area contributed by atoms with Crippen molar-refractivity contribution >= 4 is 16.9 Å². The highest BCUT2D eigenvalue weighted by molar-refractivity contribution is 8.14. The van der Waals surface area contributed by atoms with Gasteiger partial charge in [-0.2, -0.15) is 0 Å². The van der Waals surface area contributed by atoms with E-state index in [1.54, 1.807) is 0 Å². The third kappa shape index (κ3) is 3.66. The van der Waals surface area contributed by atoms with E-state index in [4.69, 9.17) is 9.73 Å². The van der Waals surface area contributed by atoms with Crippen LogP contribution in [0.4, 0.5) is 0 Å². The largest absolute Gasteiger partial charge is 0.375 e. The monoisotopic (exact) mass is 284 g/mol. The first kappa shape index (κ1) is 15.2. The van der Waals surface area contributed by atoms with Gasteiger partial charge in [0.1, 0.15) is 0 Å². The first-order chi connectivity index (χ1) is 9.08. The van der Waals surface area contributed by atoms with E-state index in [-0.39, 0.29) is 5.60 Å². The molecule has 2 aliphatic heterocycles. The van der Waals surface area contributed by atoms with Crippen LogP contribution in [-0.2, 0) is 4.74 Å². The molecule has 0 spiro atoms. The SMILES string of the molecule is CCC1(CC)CC(NC2=NC(C(C)C)CS2)CCO1. The van der Waals surface area contributed by atoms with E-state index >= 15 is 0 Å². The molecule has 2 heterocycles. The van der Waals surface area contributed by atoms with Crippen LogP contribution in [0.25, 0.3) is 0 Å². The van der Waals surface area contributed by atoms with Crippen LogP contribution in [0.2, 0.25) is 0 Å². The molecule has 2 aliphatic rings. The van der Waals surface area contributed by atoms with Gasteiger partial charge in [0.2, 0.25) is 0 Å². The van der Waals surface area contributed by atoms with Gasteiger partial charge < -0.3 is 10.1 Å². The van der Waals surface area contributed by atoms with E-state index in [1.165, 1.54) is 0 Å². The van der Waals surface area contributed by atoms with Gasteiger partial charge in [-0.1, -0.05) is 39.5 Å². The quantitative estimate of drug-likeness (QED) is 0.858. The third-order valence-electron chi connectivity index (χ3n) is 4.55. The summed E-state index contributed by atoms with van der Waals surface area (Å²) in [6.07, 6.45) is 4.44. The molecule has 0 aromatic rings. The van der Waals surface area contributed by atoms with Crippen molar-refractivity contribution in [3.05, 3.63) is 0 Å². The Morgan fingerprint density at radius 2 is 2.16 bits per heavy atom. The molecule has 0 aliphatic carbocycles. The van der Waals surface area contributed by atoms with Crippen molar-refractivity contribution < 1.29 is 4.74 Å². The van der Waals surface area contributed by atoms with Crippen molar-refractivity contribution in [2.45, 2.75) is 71.1 Å². The number of thioether (sulfide) groups is 1. The standard InChI is InChI=1S/C15H28N2OS/c1-5-15(6-2)9-12(7-8-18-15)16-14-17-13(10-19-14)11(3)4/h11-13H,5-10H2,1-4H3,(H,16,17). The van der Waals surface area contributed by atoms with E-state index in [1.807, 2.05) is 11.8 Å². The maximum atomic E-state index is 6.03. The minimum Gasteiger partial charge on any atom is -0.375 e. The van der Waals surface area contributed by atoms with E-state index < -0.39 is 0 Å². The van der Waals surface area contributed by atoms with Gasteiger partial charge in [-0.3, -0.25) is 4.99 Å². The number of nitrogens with zero attached hydrogens (tertiary/aromatic N) is 1. The van der Waals surface area contributed by atoms with E-state index in [0.717, 1.165) is 43.2 Å². The summed E-state index contributed by atoms with van der Waals surface area (Å²) in [5, 5.41) is 4.82. The van der Waals surface area contributed by atoms with Crippen molar-refractivity contribution in [1.29, 1.82) is 0 Å². The lowest BCUT2D eigenvalue weighted by Gasteiger charge is -2.40. The number of nitrogens with one attached hydrogen (secondary N) is 1. The first-order valence-corrected chi connectivity index (χ1v) is 8.68. The van der Waals surface area contributed by atoms with Crippen molar-refractivity contribution in [2.24, 2.45) is 10.9 Å². The molecule has 0 radical (unpaired) electrons. The molecule has 1 saturated heterocycles. The Bertz CT molecular complexity index is 326. The molecule has 110 valence electrons. The fourth-order valence-corrected chi connectivity index (χ4v) is 4.13. The molecule has 2 unspecified atom stereocenters. The Balaban J connectivity index is 1.91. The van der Waals surface area contributed by atoms with Crippen LogP contribution in [0.1, 0.15) is 53.4 Å². The van der Waals surface area contributed by atoms with Crippen LogP contribution in [0.3, 0.4) is 0 Å². The van der Waals surface area contributed by atoms with Gasteiger partial charge >= 0.3 is 0 Å². The van der Waals surface area contributed by atoms with Crippen molar-refractivity contribution in [3.8, 4) is 0 Å². The molecule has 1 fully saturated rings. The summed E-state index contributed by atoms with van der Waals surface area (Å²) in [5.41, 5.74) is 0.0944. The third-order valence-corrected chi connectivity index (χ3v) is 5.56. The van der Waals surface area contributed by atoms with E-state index in [2.05, 4.69) is 33.0 Å². The molecule has 2 atom stereocenters. The average Bonchev–Trinajstić information content (AvgIpc) is 2.87. The van der Waals surface area contributed by atoms with Crippen LogP contribution in [-0.4, -0.2) is 35.2 Å². The Morgan fingerprint density at radius 3 is 2.74 bits per heavy atom. The lowest BCUT2D eigenvalue weighted by Crippen LogP contribution is -2.47. The zero-order chi connectivity index (χ0) is 13.9. The van der Waals surface area contributed by atoms with Gasteiger partial charge in [0, 0.05) is 18.4 Å². The van der Waals surface area contributed by atoms with E-state index in [9.17, 15) is 0 Å². The molecule has 3 nitrogen and oxygen atoms in total. The number of ether oxygens (including phenoxy) is 1. The van der Waals surface area contributed by atoms with Crippen LogP contribution in [0.15, 0.2) is 4.99 Å². The fraction of sp³-hybridized carbons (Fsp3) is 0.933. The topological polar surface area (TPSA) is 33.6 Å². The van der Waals surface area contributed by atoms with Gasteiger partial charge in [0.15, 0.2) is 5.17 Å². The number of aliphatic imine (C=N–C) groups is 1. The first-order valence-electron chi connectivity index (χ1n) is 7.69. The van der Waals surface area contributed by atoms with Crippen molar-refractivity contribution in [2.75, 3.05) is 12.4 Å². The zero-order valence-electron chi connectivity index (χ0n) is 12.7. The van der Waals surface area contributed by atoms with Gasteiger partial charge in [-0.15, -0.1) is 0 Å². The molecule has 0 aromatic carbocycles. The van der Waals surface area contributed by atoms with Crippen molar-refractivity contribution in [3.63, 3.8) is 0 Å². The second-order valence-corrected chi connectivity index (χ2v) is 7.14. The van der Waals surface area contributed by atoms with Crippen LogP contribution >= 0.6 is 11.8 Å². The Hall–Kier alpha value is -0.220. The van der Waals surface area contributed by atoms with Gasteiger partial charge in [0.25, 0.3) is 0 Å². The molecule has 19 heavy (non-hydrogen) atoms. The molecule has 2 rings (SSSR count). The highest BCUT2D eigenvalue weighted by atomic mass is 32.2. The predicted octanol–water partition coefficient (Wildman–Crippen LogP) is 3.44. The second-order valence-electron chi connectivity index (χ2n) is 6.13. The number of rotatable bonds is 4. The molecule has 0 amide bonds.